The van der Waals surface area contributed by atoms with Gasteiger partial charge in [-0.1, -0.05) is 6.07 Å². The Morgan fingerprint density at radius 2 is 1.76 bits per heavy atom. The number of carbonyl (C=O) groups is 2. The number of piperazine rings is 1. The van der Waals surface area contributed by atoms with Crippen LogP contribution in [-0.4, -0.2) is 57.3 Å². The molecule has 1 fully saturated rings. The van der Waals surface area contributed by atoms with E-state index in [9.17, 15) is 19.2 Å². The van der Waals surface area contributed by atoms with Gasteiger partial charge in [0.15, 0.2) is 5.76 Å². The van der Waals surface area contributed by atoms with Crippen LogP contribution in [0.3, 0.4) is 0 Å². The second-order valence-electron chi connectivity index (χ2n) is 6.54. The van der Waals surface area contributed by atoms with Gasteiger partial charge in [0.25, 0.3) is 17.4 Å². The molecule has 1 aliphatic rings. The van der Waals surface area contributed by atoms with Gasteiger partial charge in [0.1, 0.15) is 5.56 Å². The lowest BCUT2D eigenvalue weighted by atomic mass is 10.2. The van der Waals surface area contributed by atoms with Crippen molar-refractivity contribution in [2.24, 2.45) is 0 Å². The van der Waals surface area contributed by atoms with Crippen molar-refractivity contribution < 1.29 is 14.0 Å². The molecule has 0 unspecified atom stereocenters. The highest BCUT2D eigenvalue weighted by Gasteiger charge is 2.28. The highest BCUT2D eigenvalue weighted by molar-refractivity contribution is 7.09. The Morgan fingerprint density at radius 3 is 2.38 bits per heavy atom. The summed E-state index contributed by atoms with van der Waals surface area (Å²) >= 11 is 1.43. The molecule has 150 valence electrons. The molecule has 3 aromatic rings. The molecule has 29 heavy (non-hydrogen) atoms. The fourth-order valence-corrected chi connectivity index (χ4v) is 3.90. The van der Waals surface area contributed by atoms with Crippen molar-refractivity contribution in [3.8, 4) is 0 Å². The van der Waals surface area contributed by atoms with E-state index in [0.29, 0.717) is 13.1 Å². The van der Waals surface area contributed by atoms with E-state index >= 15 is 0 Å². The van der Waals surface area contributed by atoms with Gasteiger partial charge in [0.2, 0.25) is 0 Å². The smallest absolute Gasteiger partial charge is 0.328 e. The topological polar surface area (TPSA) is 109 Å². The summed E-state index contributed by atoms with van der Waals surface area (Å²) in [5.74, 6) is -0.442. The maximum atomic E-state index is 12.9. The largest absolute Gasteiger partial charge is 0.459 e. The lowest BCUT2D eigenvalue weighted by Gasteiger charge is -2.34. The zero-order valence-corrected chi connectivity index (χ0v) is 16.2. The molecule has 0 spiro atoms. The summed E-state index contributed by atoms with van der Waals surface area (Å²) in [6.45, 7) is 1.35. The zero-order chi connectivity index (χ0) is 20.4. The zero-order valence-electron chi connectivity index (χ0n) is 15.4. The third-order valence-corrected chi connectivity index (χ3v) is 5.63. The van der Waals surface area contributed by atoms with Gasteiger partial charge in [-0.05, 0) is 23.6 Å². The Kier molecular flexibility index (Phi) is 5.17. The molecule has 2 amide bonds. The molecule has 0 aliphatic carbocycles. The van der Waals surface area contributed by atoms with Gasteiger partial charge in [-0.15, -0.1) is 11.3 Å². The highest BCUT2D eigenvalue weighted by atomic mass is 32.1. The van der Waals surface area contributed by atoms with E-state index < -0.39 is 17.2 Å². The van der Waals surface area contributed by atoms with Crippen LogP contribution in [-0.2, 0) is 6.54 Å². The van der Waals surface area contributed by atoms with Gasteiger partial charge in [-0.3, -0.25) is 19.0 Å². The maximum Gasteiger partial charge on any atom is 0.328 e. The second kappa shape index (κ2) is 7.92. The van der Waals surface area contributed by atoms with Gasteiger partial charge in [0.05, 0.1) is 12.8 Å². The first-order chi connectivity index (χ1) is 14.0. The number of hydrogen-bond donors (Lipinski definition) is 1. The van der Waals surface area contributed by atoms with Crippen LogP contribution in [0, 0.1) is 0 Å². The third kappa shape index (κ3) is 3.79. The number of carbonyl (C=O) groups excluding carboxylic acids is 2. The lowest BCUT2D eigenvalue weighted by molar-refractivity contribution is 0.0516. The predicted molar refractivity (Wildman–Crippen MR) is 105 cm³/mol. The molecule has 3 aromatic heterocycles. The molecule has 1 N–H and O–H groups in total. The maximum absolute atomic E-state index is 12.9. The molecule has 0 bridgehead atoms. The monoisotopic (exact) mass is 414 g/mol. The number of furan rings is 1. The first-order valence-corrected chi connectivity index (χ1v) is 9.89. The van der Waals surface area contributed by atoms with Crippen LogP contribution in [0.5, 0.6) is 0 Å². The standard InChI is InChI=1S/C19H18N4O5S/c24-16(21-5-7-22(8-6-21)18(26)15-4-1-9-28-15)14-11-20-19(27)23(17(14)25)12-13-3-2-10-29-13/h1-4,9-11H,5-8,12H2,(H,20,27). The van der Waals surface area contributed by atoms with E-state index in [4.69, 9.17) is 4.42 Å². The van der Waals surface area contributed by atoms with Crippen LogP contribution in [0.15, 0.2) is 56.1 Å². The van der Waals surface area contributed by atoms with Gasteiger partial charge < -0.3 is 19.2 Å². The summed E-state index contributed by atoms with van der Waals surface area (Å²) < 4.78 is 6.15. The average Bonchev–Trinajstić information content (AvgIpc) is 3.44. The van der Waals surface area contributed by atoms with Gasteiger partial charge in [0, 0.05) is 37.3 Å². The van der Waals surface area contributed by atoms with Gasteiger partial charge >= 0.3 is 5.69 Å². The number of nitrogens with zero attached hydrogens (tertiary/aromatic N) is 3. The number of nitrogens with one attached hydrogen (secondary N) is 1. The normalized spacial score (nSPS) is 14.2. The summed E-state index contributed by atoms with van der Waals surface area (Å²) in [5, 5.41) is 1.85. The predicted octanol–water partition coefficient (Wildman–Crippen LogP) is 0.838. The molecule has 1 aliphatic heterocycles. The van der Waals surface area contributed by atoms with Crippen molar-refractivity contribution in [2.45, 2.75) is 6.54 Å². The van der Waals surface area contributed by atoms with Crippen molar-refractivity contribution in [1.82, 2.24) is 19.4 Å². The van der Waals surface area contributed by atoms with E-state index in [1.807, 2.05) is 17.5 Å². The molecule has 9 nitrogen and oxygen atoms in total. The number of amides is 2. The lowest BCUT2D eigenvalue weighted by Crippen LogP contribution is -2.52. The summed E-state index contributed by atoms with van der Waals surface area (Å²) in [4.78, 5) is 56.5. The van der Waals surface area contributed by atoms with Crippen molar-refractivity contribution in [3.05, 3.63) is 79.1 Å². The van der Waals surface area contributed by atoms with Crippen molar-refractivity contribution in [1.29, 1.82) is 0 Å². The first-order valence-electron chi connectivity index (χ1n) is 9.01. The quantitative estimate of drug-likeness (QED) is 0.681. The van der Waals surface area contributed by atoms with Gasteiger partial charge in [-0.25, -0.2) is 4.79 Å². The van der Waals surface area contributed by atoms with Crippen molar-refractivity contribution in [3.63, 3.8) is 0 Å². The molecule has 0 atom stereocenters. The van der Waals surface area contributed by atoms with E-state index in [0.717, 1.165) is 15.6 Å². The summed E-state index contributed by atoms with van der Waals surface area (Å²) in [6.07, 6.45) is 2.60. The van der Waals surface area contributed by atoms with Crippen LogP contribution in [0.2, 0.25) is 0 Å². The van der Waals surface area contributed by atoms with E-state index in [-0.39, 0.29) is 36.9 Å². The van der Waals surface area contributed by atoms with E-state index in [2.05, 4.69) is 4.98 Å². The van der Waals surface area contributed by atoms with Crippen LogP contribution >= 0.6 is 11.3 Å². The fraction of sp³-hybridized carbons (Fsp3) is 0.263. The van der Waals surface area contributed by atoms with Crippen LogP contribution in [0.1, 0.15) is 25.8 Å². The molecule has 10 heteroatoms. The first kappa shape index (κ1) is 18.9. The number of hydrogen-bond acceptors (Lipinski definition) is 6. The van der Waals surface area contributed by atoms with Gasteiger partial charge in [-0.2, -0.15) is 0 Å². The Labute approximate surface area is 168 Å². The van der Waals surface area contributed by atoms with Crippen molar-refractivity contribution in [2.75, 3.05) is 26.2 Å². The average molecular weight is 414 g/mol. The summed E-state index contributed by atoms with van der Waals surface area (Å²) in [7, 11) is 0. The SMILES string of the molecule is O=C(c1ccco1)N1CCN(C(=O)c2c[nH]c(=O)n(Cc3cccs3)c2=O)CC1. The Morgan fingerprint density at radius 1 is 1.03 bits per heavy atom. The fourth-order valence-electron chi connectivity index (χ4n) is 3.21. The molecule has 0 saturated carbocycles. The number of aromatic amines is 1. The number of aromatic nitrogens is 2. The molecular weight excluding hydrogens is 396 g/mol. The Hall–Kier alpha value is -3.40. The number of H-pyrrole nitrogens is 1. The minimum absolute atomic E-state index is 0.0908. The summed E-state index contributed by atoms with van der Waals surface area (Å²) in [5.41, 5.74) is -1.28. The molecule has 0 radical (unpaired) electrons. The molecular formula is C19H18N4O5S. The highest BCUT2D eigenvalue weighted by Crippen LogP contribution is 2.11. The van der Waals surface area contributed by atoms with E-state index in [1.165, 1.54) is 22.5 Å². The van der Waals surface area contributed by atoms with Crippen molar-refractivity contribution >= 4 is 23.2 Å². The second-order valence-corrected chi connectivity index (χ2v) is 7.57. The van der Waals surface area contributed by atoms with Crippen LogP contribution in [0.25, 0.3) is 0 Å². The minimum Gasteiger partial charge on any atom is -0.459 e. The number of rotatable bonds is 4. The third-order valence-electron chi connectivity index (χ3n) is 4.77. The summed E-state index contributed by atoms with van der Waals surface area (Å²) in [6, 6.07) is 6.89. The minimum atomic E-state index is -0.624. The van der Waals surface area contributed by atoms with E-state index in [1.54, 1.807) is 17.0 Å². The molecule has 4 rings (SSSR count). The molecule has 4 heterocycles. The van der Waals surface area contributed by atoms with Crippen LogP contribution in [0.4, 0.5) is 0 Å². The molecule has 1 saturated heterocycles. The number of thiophene rings is 1. The Balaban J connectivity index is 1.48. The Bertz CT molecular complexity index is 1120. The molecule has 0 aromatic carbocycles. The van der Waals surface area contributed by atoms with Crippen LogP contribution < -0.4 is 11.2 Å².